The number of aromatic amines is 1. The van der Waals surface area contributed by atoms with Crippen molar-refractivity contribution in [1.29, 1.82) is 0 Å². The van der Waals surface area contributed by atoms with Crippen molar-refractivity contribution in [2.24, 2.45) is 0 Å². The van der Waals surface area contributed by atoms with E-state index < -0.39 is 10.0 Å². The SMILES string of the molecule is CCc1ncc(S(=O)(=O)N2CC(C)SC(C)C2)[nH]1. The van der Waals surface area contributed by atoms with Gasteiger partial charge < -0.3 is 4.98 Å². The van der Waals surface area contributed by atoms with Crippen molar-refractivity contribution in [2.75, 3.05) is 13.1 Å². The number of H-pyrrole nitrogens is 1. The summed E-state index contributed by atoms with van der Waals surface area (Å²) in [6.07, 6.45) is 2.13. The summed E-state index contributed by atoms with van der Waals surface area (Å²) < 4.78 is 26.5. The van der Waals surface area contributed by atoms with E-state index in [1.807, 2.05) is 18.7 Å². The van der Waals surface area contributed by atoms with Crippen LogP contribution in [0.25, 0.3) is 0 Å². The van der Waals surface area contributed by atoms with Crippen LogP contribution in [0.15, 0.2) is 11.2 Å². The van der Waals surface area contributed by atoms with Crippen molar-refractivity contribution < 1.29 is 8.42 Å². The van der Waals surface area contributed by atoms with E-state index in [9.17, 15) is 8.42 Å². The van der Waals surface area contributed by atoms with Crippen LogP contribution >= 0.6 is 11.8 Å². The number of hydrogen-bond acceptors (Lipinski definition) is 4. The van der Waals surface area contributed by atoms with Crippen molar-refractivity contribution in [3.63, 3.8) is 0 Å². The maximum atomic E-state index is 12.5. The summed E-state index contributed by atoms with van der Waals surface area (Å²) in [6.45, 7) is 7.20. The summed E-state index contributed by atoms with van der Waals surface area (Å²) in [5, 5.41) is 0.875. The number of imidazole rings is 1. The van der Waals surface area contributed by atoms with E-state index in [4.69, 9.17) is 0 Å². The molecule has 0 radical (unpaired) electrons. The van der Waals surface area contributed by atoms with Crippen LogP contribution in [-0.2, 0) is 16.4 Å². The summed E-state index contributed by atoms with van der Waals surface area (Å²) in [7, 11) is -3.42. The number of nitrogens with zero attached hydrogens (tertiary/aromatic N) is 2. The van der Waals surface area contributed by atoms with E-state index in [-0.39, 0.29) is 5.03 Å². The number of nitrogens with one attached hydrogen (secondary N) is 1. The number of sulfonamides is 1. The Morgan fingerprint density at radius 1 is 1.44 bits per heavy atom. The fraction of sp³-hybridized carbons (Fsp3) is 0.727. The highest BCUT2D eigenvalue weighted by molar-refractivity contribution is 8.00. The van der Waals surface area contributed by atoms with Crippen LogP contribution in [0.2, 0.25) is 0 Å². The Kier molecular flexibility index (Phi) is 4.03. The summed E-state index contributed by atoms with van der Waals surface area (Å²) in [6, 6.07) is 0. The van der Waals surface area contributed by atoms with Gasteiger partial charge in [0.1, 0.15) is 5.82 Å². The highest BCUT2D eigenvalue weighted by atomic mass is 32.2. The summed E-state index contributed by atoms with van der Waals surface area (Å²) >= 11 is 1.83. The van der Waals surface area contributed by atoms with Crippen molar-refractivity contribution in [2.45, 2.75) is 42.7 Å². The third-order valence-electron chi connectivity index (χ3n) is 2.94. The lowest BCUT2D eigenvalue weighted by Gasteiger charge is -2.33. The molecule has 2 heterocycles. The first-order valence-corrected chi connectivity index (χ1v) is 8.51. The minimum atomic E-state index is -3.42. The molecule has 0 aromatic carbocycles. The smallest absolute Gasteiger partial charge is 0.260 e. The van der Waals surface area contributed by atoms with E-state index in [0.717, 1.165) is 0 Å². The quantitative estimate of drug-likeness (QED) is 0.915. The molecular weight excluding hydrogens is 270 g/mol. The summed E-state index contributed by atoms with van der Waals surface area (Å²) in [4.78, 5) is 6.95. The van der Waals surface area contributed by atoms with Crippen LogP contribution in [0.4, 0.5) is 0 Å². The number of rotatable bonds is 3. The molecule has 1 fully saturated rings. The molecule has 2 rings (SSSR count). The normalized spacial score (nSPS) is 26.4. The lowest BCUT2D eigenvalue weighted by molar-refractivity contribution is 0.403. The van der Waals surface area contributed by atoms with Gasteiger partial charge >= 0.3 is 0 Å². The number of thioether (sulfide) groups is 1. The third-order valence-corrected chi connectivity index (χ3v) is 5.91. The lowest BCUT2D eigenvalue weighted by Crippen LogP contribution is -2.44. The molecule has 2 unspecified atom stereocenters. The predicted octanol–water partition coefficient (Wildman–Crippen LogP) is 1.49. The molecule has 1 aromatic rings. The Balaban J connectivity index is 2.25. The topological polar surface area (TPSA) is 66.1 Å². The Labute approximate surface area is 112 Å². The second-order valence-electron chi connectivity index (χ2n) is 4.63. The molecule has 0 saturated carbocycles. The lowest BCUT2D eigenvalue weighted by atomic mass is 10.4. The highest BCUT2D eigenvalue weighted by Gasteiger charge is 2.33. The third kappa shape index (κ3) is 2.73. The minimum absolute atomic E-state index is 0.214. The monoisotopic (exact) mass is 289 g/mol. The van der Waals surface area contributed by atoms with Crippen molar-refractivity contribution in [3.05, 3.63) is 12.0 Å². The summed E-state index contributed by atoms with van der Waals surface area (Å²) in [5.41, 5.74) is 0. The van der Waals surface area contributed by atoms with Gasteiger partial charge in [-0.1, -0.05) is 20.8 Å². The predicted molar refractivity (Wildman–Crippen MR) is 73.2 cm³/mol. The van der Waals surface area contributed by atoms with Gasteiger partial charge in [0.2, 0.25) is 0 Å². The van der Waals surface area contributed by atoms with Crippen LogP contribution < -0.4 is 0 Å². The second kappa shape index (κ2) is 5.22. The molecule has 1 saturated heterocycles. The van der Waals surface area contributed by atoms with E-state index in [0.29, 0.717) is 35.8 Å². The molecule has 2 atom stereocenters. The summed E-state index contributed by atoms with van der Waals surface area (Å²) in [5.74, 6) is 0.709. The van der Waals surface area contributed by atoms with Gasteiger partial charge in [-0.15, -0.1) is 0 Å². The van der Waals surface area contributed by atoms with Crippen molar-refractivity contribution in [3.8, 4) is 0 Å². The maximum Gasteiger partial charge on any atom is 0.260 e. The van der Waals surface area contributed by atoms with Crippen LogP contribution in [0, 0.1) is 0 Å². The van der Waals surface area contributed by atoms with E-state index >= 15 is 0 Å². The Morgan fingerprint density at radius 3 is 2.56 bits per heavy atom. The van der Waals surface area contributed by atoms with Crippen LogP contribution in [0.5, 0.6) is 0 Å². The van der Waals surface area contributed by atoms with Gasteiger partial charge in [-0.05, 0) is 0 Å². The van der Waals surface area contributed by atoms with Gasteiger partial charge in [0.25, 0.3) is 10.0 Å². The molecule has 5 nitrogen and oxygen atoms in total. The van der Waals surface area contributed by atoms with Gasteiger partial charge in [0.15, 0.2) is 5.03 Å². The standard InChI is InChI=1S/C11H19N3O2S2/c1-4-10-12-5-11(13-10)18(15,16)14-6-8(2)17-9(3)7-14/h5,8-9H,4,6-7H2,1-3H3,(H,12,13). The van der Waals surface area contributed by atoms with E-state index in [1.165, 1.54) is 6.20 Å². The van der Waals surface area contributed by atoms with Gasteiger partial charge in [-0.2, -0.15) is 16.1 Å². The molecule has 1 aromatic heterocycles. The molecule has 0 aliphatic carbocycles. The second-order valence-corrected chi connectivity index (χ2v) is 8.42. The molecule has 102 valence electrons. The highest BCUT2D eigenvalue weighted by Crippen LogP contribution is 2.28. The van der Waals surface area contributed by atoms with E-state index in [1.54, 1.807) is 4.31 Å². The molecule has 7 heteroatoms. The number of aromatic nitrogens is 2. The molecule has 1 N–H and O–H groups in total. The van der Waals surface area contributed by atoms with Gasteiger partial charge in [0, 0.05) is 30.0 Å². The van der Waals surface area contributed by atoms with Gasteiger partial charge in [-0.3, -0.25) is 0 Å². The zero-order chi connectivity index (χ0) is 13.3. The van der Waals surface area contributed by atoms with Crippen molar-refractivity contribution >= 4 is 21.8 Å². The Hall–Kier alpha value is -0.530. The first-order valence-electron chi connectivity index (χ1n) is 6.13. The Bertz CT molecular complexity index is 502. The largest absolute Gasteiger partial charge is 0.332 e. The Morgan fingerprint density at radius 2 is 2.06 bits per heavy atom. The van der Waals surface area contributed by atoms with Crippen LogP contribution in [0.3, 0.4) is 0 Å². The zero-order valence-electron chi connectivity index (χ0n) is 10.9. The first kappa shape index (κ1) is 13.9. The minimum Gasteiger partial charge on any atom is -0.332 e. The first-order chi connectivity index (χ1) is 8.43. The zero-order valence-corrected chi connectivity index (χ0v) is 12.5. The number of hydrogen-bond donors (Lipinski definition) is 1. The molecule has 0 bridgehead atoms. The van der Waals surface area contributed by atoms with Gasteiger partial charge in [0.05, 0.1) is 6.20 Å². The van der Waals surface area contributed by atoms with Crippen LogP contribution in [-0.4, -0.2) is 46.3 Å². The average Bonchev–Trinajstić information content (AvgIpc) is 2.76. The molecule has 0 amide bonds. The fourth-order valence-electron chi connectivity index (χ4n) is 2.12. The fourth-order valence-corrected chi connectivity index (χ4v) is 5.18. The maximum absolute atomic E-state index is 12.5. The van der Waals surface area contributed by atoms with Crippen molar-refractivity contribution in [1.82, 2.24) is 14.3 Å². The molecular formula is C11H19N3O2S2. The van der Waals surface area contributed by atoms with Gasteiger partial charge in [-0.25, -0.2) is 13.4 Å². The number of aryl methyl sites for hydroxylation is 1. The van der Waals surface area contributed by atoms with E-state index in [2.05, 4.69) is 23.8 Å². The van der Waals surface area contributed by atoms with Crippen LogP contribution in [0.1, 0.15) is 26.6 Å². The molecule has 1 aliphatic rings. The molecule has 1 aliphatic heterocycles. The molecule has 0 spiro atoms. The average molecular weight is 289 g/mol. The molecule has 18 heavy (non-hydrogen) atoms.